The van der Waals surface area contributed by atoms with Crippen LogP contribution in [0.1, 0.15) is 31.9 Å². The summed E-state index contributed by atoms with van der Waals surface area (Å²) in [5.41, 5.74) is 7.07. The summed E-state index contributed by atoms with van der Waals surface area (Å²) in [5, 5.41) is 8.02. The highest BCUT2D eigenvalue weighted by Crippen LogP contribution is 2.44. The van der Waals surface area contributed by atoms with Crippen molar-refractivity contribution in [1.82, 2.24) is 9.38 Å². The quantitative estimate of drug-likeness (QED) is 0.183. The van der Waals surface area contributed by atoms with E-state index in [1.807, 2.05) is 12.3 Å². The fourth-order valence-corrected chi connectivity index (χ4v) is 5.91. The molecule has 4 aromatic carbocycles. The number of pyridine rings is 2. The number of hydrogen-bond acceptors (Lipinski definition) is 1. The Morgan fingerprint density at radius 3 is 2.44 bits per heavy atom. The van der Waals surface area contributed by atoms with Crippen molar-refractivity contribution in [2.24, 2.45) is 5.41 Å². The molecule has 0 amide bonds. The number of benzene rings is 4. The summed E-state index contributed by atoms with van der Waals surface area (Å²) in [5.74, 6) is -0.207. The van der Waals surface area contributed by atoms with Gasteiger partial charge in [0.15, 0.2) is 0 Å². The molecule has 0 aliphatic heterocycles. The van der Waals surface area contributed by atoms with Crippen LogP contribution in [0.5, 0.6) is 0 Å². The Kier molecular flexibility index (Phi) is 3.74. The molecule has 0 saturated heterocycles. The third kappa shape index (κ3) is 2.58. The molecule has 0 saturated carbocycles. The van der Waals surface area contributed by atoms with Crippen LogP contribution in [-0.2, 0) is 6.42 Å². The first-order valence-corrected chi connectivity index (χ1v) is 11.9. The van der Waals surface area contributed by atoms with Crippen LogP contribution < -0.4 is 0 Å². The number of hydrogen-bond donors (Lipinski definition) is 0. The van der Waals surface area contributed by atoms with E-state index in [9.17, 15) is 4.39 Å². The third-order valence-electron chi connectivity index (χ3n) is 7.18. The zero-order valence-electron chi connectivity index (χ0n) is 19.8. The Balaban J connectivity index is 1.88. The van der Waals surface area contributed by atoms with Gasteiger partial charge in [0.1, 0.15) is 5.82 Å². The Labute approximate surface area is 197 Å². The zero-order chi connectivity index (χ0) is 23.4. The number of nitrogens with zero attached hydrogens (tertiary/aromatic N) is 2. The number of aryl methyl sites for hydroxylation is 1. The maximum atomic E-state index is 14.4. The molecule has 34 heavy (non-hydrogen) atoms. The van der Waals surface area contributed by atoms with E-state index in [4.69, 9.17) is 4.98 Å². The molecule has 0 atom stereocenters. The molecule has 0 N–H and O–H groups in total. The monoisotopic (exact) mass is 444 g/mol. The van der Waals surface area contributed by atoms with Crippen molar-refractivity contribution in [1.29, 1.82) is 0 Å². The molecule has 3 aromatic heterocycles. The van der Waals surface area contributed by atoms with Crippen LogP contribution >= 0.6 is 0 Å². The van der Waals surface area contributed by atoms with Crippen LogP contribution in [0.25, 0.3) is 59.8 Å². The highest BCUT2D eigenvalue weighted by atomic mass is 19.1. The van der Waals surface area contributed by atoms with Gasteiger partial charge in [-0.25, -0.2) is 4.39 Å². The first kappa shape index (κ1) is 19.7. The van der Waals surface area contributed by atoms with Gasteiger partial charge in [0.2, 0.25) is 0 Å². The Hall–Kier alpha value is -3.72. The second kappa shape index (κ2) is 6.44. The fourth-order valence-electron chi connectivity index (χ4n) is 5.91. The summed E-state index contributed by atoms with van der Waals surface area (Å²) in [6, 6.07) is 20.6. The Morgan fingerprint density at radius 1 is 0.794 bits per heavy atom. The predicted molar refractivity (Wildman–Crippen MR) is 142 cm³/mol. The lowest BCUT2D eigenvalue weighted by molar-refractivity contribution is 0.413. The largest absolute Gasteiger partial charge is 0.308 e. The third-order valence-corrected chi connectivity index (χ3v) is 7.18. The molecule has 0 spiro atoms. The van der Waals surface area contributed by atoms with Crippen molar-refractivity contribution in [2.75, 3.05) is 0 Å². The van der Waals surface area contributed by atoms with Gasteiger partial charge in [0, 0.05) is 27.7 Å². The molecule has 0 radical (unpaired) electrons. The summed E-state index contributed by atoms with van der Waals surface area (Å²) in [6.07, 6.45) is 2.84. The van der Waals surface area contributed by atoms with Crippen molar-refractivity contribution < 1.29 is 4.39 Å². The number of fused-ring (bicyclic) bond motifs is 7. The summed E-state index contributed by atoms with van der Waals surface area (Å²) in [4.78, 5) is 4.93. The van der Waals surface area contributed by atoms with Crippen molar-refractivity contribution in [3.63, 3.8) is 0 Å². The van der Waals surface area contributed by atoms with Crippen molar-refractivity contribution in [3.8, 4) is 0 Å². The van der Waals surface area contributed by atoms with Crippen LogP contribution in [-0.4, -0.2) is 9.38 Å². The van der Waals surface area contributed by atoms with Crippen LogP contribution in [0.15, 0.2) is 66.9 Å². The Bertz CT molecular complexity index is 1940. The molecule has 166 valence electrons. The maximum absolute atomic E-state index is 14.4. The topological polar surface area (TPSA) is 17.3 Å². The second-order valence-electron chi connectivity index (χ2n) is 10.9. The van der Waals surface area contributed by atoms with Gasteiger partial charge in [0.05, 0.1) is 22.1 Å². The minimum atomic E-state index is -0.207. The standard InChI is InChI=1S/C31H25FN2/c1-17-5-8-21-19(13-17)14-24-28-27-18(11-12-33-28)6-9-22-23-15-20(32)7-10-26(23)34(30(22)27)29(24)25(21)16-31(2,3)4/h5-15H,16H2,1-4H3. The van der Waals surface area contributed by atoms with Crippen molar-refractivity contribution in [3.05, 3.63) is 83.8 Å². The average molecular weight is 445 g/mol. The molecule has 2 nitrogen and oxygen atoms in total. The zero-order valence-corrected chi connectivity index (χ0v) is 19.8. The fraction of sp³-hybridized carbons (Fsp3) is 0.194. The maximum Gasteiger partial charge on any atom is 0.123 e. The number of rotatable bonds is 1. The molecule has 0 fully saturated rings. The van der Waals surface area contributed by atoms with Gasteiger partial charge in [-0.2, -0.15) is 0 Å². The van der Waals surface area contributed by atoms with Gasteiger partial charge in [0.25, 0.3) is 0 Å². The van der Waals surface area contributed by atoms with Crippen LogP contribution in [0.2, 0.25) is 0 Å². The average Bonchev–Trinajstić information content (AvgIpc) is 3.11. The van der Waals surface area contributed by atoms with E-state index >= 15 is 0 Å². The highest BCUT2D eigenvalue weighted by Gasteiger charge is 2.24. The summed E-state index contributed by atoms with van der Waals surface area (Å²) in [7, 11) is 0. The summed E-state index contributed by atoms with van der Waals surface area (Å²) >= 11 is 0. The lowest BCUT2D eigenvalue weighted by Crippen LogP contribution is -2.11. The van der Waals surface area contributed by atoms with E-state index in [2.05, 4.69) is 74.6 Å². The molecular formula is C31H25FN2. The summed E-state index contributed by atoms with van der Waals surface area (Å²) < 4.78 is 16.8. The van der Waals surface area contributed by atoms with Crippen molar-refractivity contribution in [2.45, 2.75) is 34.1 Å². The smallest absolute Gasteiger partial charge is 0.123 e. The van der Waals surface area contributed by atoms with E-state index in [1.165, 1.54) is 27.4 Å². The summed E-state index contributed by atoms with van der Waals surface area (Å²) in [6.45, 7) is 9.02. The molecule has 3 heterocycles. The molecule has 3 heteroatoms. The minimum Gasteiger partial charge on any atom is -0.308 e. The van der Waals surface area contributed by atoms with E-state index in [0.717, 1.165) is 49.9 Å². The number of aromatic nitrogens is 2. The molecular weight excluding hydrogens is 419 g/mol. The highest BCUT2D eigenvalue weighted by molar-refractivity contribution is 6.28. The molecule has 7 aromatic rings. The number of halogens is 1. The van der Waals surface area contributed by atoms with Crippen LogP contribution in [0, 0.1) is 18.2 Å². The molecule has 0 bridgehead atoms. The van der Waals surface area contributed by atoms with Gasteiger partial charge in [-0.3, -0.25) is 4.98 Å². The first-order chi connectivity index (χ1) is 16.3. The van der Waals surface area contributed by atoms with Gasteiger partial charge in [-0.05, 0) is 70.8 Å². The second-order valence-corrected chi connectivity index (χ2v) is 10.9. The SMILES string of the molecule is Cc1ccc2c(CC(C)(C)C)c3c(cc2c1)c1nccc2ccc4c5cc(F)ccc5n3c4c21. The van der Waals surface area contributed by atoms with Gasteiger partial charge >= 0.3 is 0 Å². The van der Waals surface area contributed by atoms with E-state index in [0.29, 0.717) is 0 Å². The first-order valence-electron chi connectivity index (χ1n) is 11.9. The van der Waals surface area contributed by atoms with Gasteiger partial charge in [-0.15, -0.1) is 0 Å². The molecule has 0 aliphatic carbocycles. The Morgan fingerprint density at radius 2 is 1.62 bits per heavy atom. The van der Waals surface area contributed by atoms with Gasteiger partial charge < -0.3 is 4.40 Å². The van der Waals surface area contributed by atoms with Crippen molar-refractivity contribution >= 4 is 59.8 Å². The van der Waals surface area contributed by atoms with Crippen LogP contribution in [0.3, 0.4) is 0 Å². The lowest BCUT2D eigenvalue weighted by atomic mass is 9.84. The predicted octanol–water partition coefficient (Wildman–Crippen LogP) is 8.57. The van der Waals surface area contributed by atoms with E-state index in [1.54, 1.807) is 12.1 Å². The lowest BCUT2D eigenvalue weighted by Gasteiger charge is -2.23. The van der Waals surface area contributed by atoms with E-state index < -0.39 is 0 Å². The van der Waals surface area contributed by atoms with Crippen LogP contribution in [0.4, 0.5) is 4.39 Å². The molecule has 7 rings (SSSR count). The normalized spacial score (nSPS) is 13.0. The molecule has 0 aliphatic rings. The molecule has 0 unspecified atom stereocenters. The minimum absolute atomic E-state index is 0.0948. The van der Waals surface area contributed by atoms with E-state index in [-0.39, 0.29) is 11.2 Å². The van der Waals surface area contributed by atoms with Gasteiger partial charge in [-0.1, -0.05) is 56.7 Å².